The van der Waals surface area contributed by atoms with Crippen molar-refractivity contribution in [2.45, 2.75) is 59.3 Å². The Morgan fingerprint density at radius 2 is 1.00 bits per heavy atom. The van der Waals surface area contributed by atoms with Gasteiger partial charge in [0.05, 0.1) is 12.5 Å². The van der Waals surface area contributed by atoms with Crippen LogP contribution < -0.4 is 26.2 Å². The predicted octanol–water partition coefficient (Wildman–Crippen LogP) is 13.5. The van der Waals surface area contributed by atoms with Crippen LogP contribution in [0.4, 0.5) is 34.1 Å². The number of furan rings is 2. The van der Waals surface area contributed by atoms with Crippen molar-refractivity contribution in [2.24, 2.45) is 0 Å². The zero-order valence-electron chi connectivity index (χ0n) is 35.3. The van der Waals surface area contributed by atoms with Gasteiger partial charge < -0.3 is 18.6 Å². The Balaban J connectivity index is 1.18. The summed E-state index contributed by atoms with van der Waals surface area (Å²) in [4.78, 5) is 5.03. The summed E-state index contributed by atoms with van der Waals surface area (Å²) in [5, 5.41) is 2.20. The van der Waals surface area contributed by atoms with Crippen molar-refractivity contribution in [3.8, 4) is 22.3 Å². The van der Waals surface area contributed by atoms with Crippen LogP contribution in [0.3, 0.4) is 0 Å². The Labute approximate surface area is 352 Å². The minimum atomic E-state index is -0.0262. The molecule has 292 valence electrons. The van der Waals surface area contributed by atoms with Crippen LogP contribution in [0.25, 0.3) is 44.2 Å². The molecule has 0 saturated carbocycles. The number of fused-ring (bicyclic) bond motifs is 6. The van der Waals surface area contributed by atoms with Crippen molar-refractivity contribution >= 4 is 79.2 Å². The Kier molecular flexibility index (Phi) is 7.97. The quantitative estimate of drug-likeness (QED) is 0.167. The van der Waals surface area contributed by atoms with E-state index in [9.17, 15) is 0 Å². The van der Waals surface area contributed by atoms with Crippen molar-refractivity contribution < 1.29 is 8.83 Å². The molecular weight excluding hydrogens is 731 g/mol. The monoisotopic (exact) mass is 778 g/mol. The van der Waals surface area contributed by atoms with Gasteiger partial charge in [-0.25, -0.2) is 0 Å². The van der Waals surface area contributed by atoms with E-state index in [1.54, 1.807) is 12.5 Å². The first-order valence-electron chi connectivity index (χ1n) is 21.1. The molecule has 11 rings (SSSR count). The summed E-state index contributed by atoms with van der Waals surface area (Å²) in [6.45, 7) is 16.1. The van der Waals surface area contributed by atoms with E-state index in [2.05, 4.69) is 192 Å². The fraction of sp³-hybridized carbons (Fsp3) is 0.164. The zero-order valence-corrected chi connectivity index (χ0v) is 35.3. The highest BCUT2D eigenvalue weighted by molar-refractivity contribution is 7.00. The van der Waals surface area contributed by atoms with Crippen LogP contribution in [0.2, 0.25) is 0 Å². The van der Waals surface area contributed by atoms with Crippen LogP contribution in [0.1, 0.15) is 58.2 Å². The van der Waals surface area contributed by atoms with Crippen molar-refractivity contribution in [2.75, 3.05) is 9.80 Å². The summed E-state index contributed by atoms with van der Waals surface area (Å²) in [7, 11) is 0. The smallest absolute Gasteiger partial charge is 0.252 e. The Morgan fingerprint density at radius 1 is 0.433 bits per heavy atom. The summed E-state index contributed by atoms with van der Waals surface area (Å²) < 4.78 is 11.8. The van der Waals surface area contributed by atoms with E-state index in [1.807, 2.05) is 12.1 Å². The van der Waals surface area contributed by atoms with Crippen molar-refractivity contribution in [1.29, 1.82) is 0 Å². The summed E-state index contributed by atoms with van der Waals surface area (Å²) in [6, 6.07) is 54.4. The number of hydrogen-bond donors (Lipinski definition) is 0. The molecule has 0 spiro atoms. The molecule has 60 heavy (non-hydrogen) atoms. The van der Waals surface area contributed by atoms with Gasteiger partial charge in [0.25, 0.3) is 6.71 Å². The molecule has 0 radical (unpaired) electrons. The van der Waals surface area contributed by atoms with Gasteiger partial charge in [-0.3, -0.25) is 0 Å². The summed E-state index contributed by atoms with van der Waals surface area (Å²) in [5.74, 6) is 0. The largest absolute Gasteiger partial charge is 0.464 e. The number of anilines is 6. The van der Waals surface area contributed by atoms with E-state index >= 15 is 0 Å². The zero-order chi connectivity index (χ0) is 41.1. The molecule has 9 aromatic rings. The van der Waals surface area contributed by atoms with Crippen LogP contribution in [0.5, 0.6) is 0 Å². The topological polar surface area (TPSA) is 32.8 Å². The molecule has 2 aromatic heterocycles. The molecule has 2 aliphatic heterocycles. The molecule has 4 nitrogen and oxygen atoms in total. The molecule has 0 atom stereocenters. The van der Waals surface area contributed by atoms with E-state index in [0.29, 0.717) is 0 Å². The molecule has 5 heteroatoms. The van der Waals surface area contributed by atoms with Crippen molar-refractivity contribution in [3.05, 3.63) is 175 Å². The van der Waals surface area contributed by atoms with E-state index < -0.39 is 0 Å². The lowest BCUT2D eigenvalue weighted by Gasteiger charge is -2.45. The molecule has 0 bridgehead atoms. The summed E-state index contributed by atoms with van der Waals surface area (Å²) in [6.07, 6.45) is 3.53. The molecule has 0 saturated heterocycles. The molecule has 4 heterocycles. The molecule has 0 amide bonds. The minimum Gasteiger partial charge on any atom is -0.464 e. The second kappa shape index (κ2) is 13.1. The predicted molar refractivity (Wildman–Crippen MR) is 253 cm³/mol. The van der Waals surface area contributed by atoms with Gasteiger partial charge >= 0.3 is 0 Å². The fourth-order valence-corrected chi connectivity index (χ4v) is 9.54. The molecule has 0 fully saturated rings. The Morgan fingerprint density at radius 3 is 1.63 bits per heavy atom. The SMILES string of the molecule is Cc1cc2c3c(c1)N(c1cccc(-c4ccc5ccoc5c4)c1)c1cc(-c4ccc5ccoc5c4)ccc1B3c1cc(C(C)(C)C)ccc1N2c1ccc(C(C)(C)C)cc1. The van der Waals surface area contributed by atoms with Gasteiger partial charge in [0.15, 0.2) is 0 Å². The third-order valence-electron chi connectivity index (χ3n) is 12.8. The first kappa shape index (κ1) is 36.4. The maximum atomic E-state index is 5.90. The van der Waals surface area contributed by atoms with Crippen molar-refractivity contribution in [1.82, 2.24) is 0 Å². The van der Waals surface area contributed by atoms with Gasteiger partial charge in [0.2, 0.25) is 0 Å². The van der Waals surface area contributed by atoms with Gasteiger partial charge in [0.1, 0.15) is 11.2 Å². The number of aryl methyl sites for hydroxylation is 1. The van der Waals surface area contributed by atoms with E-state index in [-0.39, 0.29) is 17.5 Å². The Hall–Kier alpha value is -6.72. The average Bonchev–Trinajstić information content (AvgIpc) is 3.92. The maximum absolute atomic E-state index is 5.90. The highest BCUT2D eigenvalue weighted by Crippen LogP contribution is 2.46. The molecule has 0 aliphatic carbocycles. The standard InChI is InChI=1S/C55H47BN2O2/c1-34-27-49-53-50(28-34)58(44-10-8-9-37(29-44)39-13-11-35-23-25-59-51(35)31-39)48-30-38(40-14-12-36-24-26-60-52(36)32-40)15-21-45(48)56(53)46-33-42(55(5,6)7)18-22-47(46)57(49)43-19-16-41(17-20-43)54(2,3)4/h8-33H,1-7H3. The second-order valence-electron chi connectivity index (χ2n) is 18.8. The number of benzene rings is 7. The normalized spacial score (nSPS) is 13.5. The van der Waals surface area contributed by atoms with E-state index in [0.717, 1.165) is 55.6 Å². The maximum Gasteiger partial charge on any atom is 0.252 e. The lowest BCUT2D eigenvalue weighted by Crippen LogP contribution is -2.61. The summed E-state index contributed by atoms with van der Waals surface area (Å²) >= 11 is 0. The highest BCUT2D eigenvalue weighted by atomic mass is 16.3. The lowest BCUT2D eigenvalue weighted by atomic mass is 9.33. The van der Waals surface area contributed by atoms with Crippen LogP contribution in [0.15, 0.2) is 167 Å². The Bertz CT molecular complexity index is 3160. The van der Waals surface area contributed by atoms with Gasteiger partial charge in [-0.1, -0.05) is 114 Å². The van der Waals surface area contributed by atoms with Crippen molar-refractivity contribution in [3.63, 3.8) is 0 Å². The number of nitrogens with zero attached hydrogens (tertiary/aromatic N) is 2. The average molecular weight is 779 g/mol. The van der Waals surface area contributed by atoms with E-state index in [1.165, 1.54) is 55.8 Å². The first-order valence-corrected chi connectivity index (χ1v) is 21.1. The van der Waals surface area contributed by atoms with Gasteiger partial charge in [-0.15, -0.1) is 0 Å². The van der Waals surface area contributed by atoms with E-state index in [4.69, 9.17) is 8.83 Å². The highest BCUT2D eigenvalue weighted by Gasteiger charge is 2.44. The third kappa shape index (κ3) is 5.82. The molecule has 2 aliphatic rings. The van der Waals surface area contributed by atoms with Gasteiger partial charge in [-0.05, 0) is 146 Å². The summed E-state index contributed by atoms with van der Waals surface area (Å²) in [5.41, 5.74) is 21.2. The molecule has 0 unspecified atom stereocenters. The van der Waals surface area contributed by atoms with Crippen LogP contribution in [-0.4, -0.2) is 6.71 Å². The lowest BCUT2D eigenvalue weighted by molar-refractivity contribution is 0.590. The number of hydrogen-bond acceptors (Lipinski definition) is 4. The molecular formula is C55H47BN2O2. The van der Waals surface area contributed by atoms with Gasteiger partial charge in [-0.2, -0.15) is 0 Å². The van der Waals surface area contributed by atoms with Crippen LogP contribution in [0, 0.1) is 6.92 Å². The third-order valence-corrected chi connectivity index (χ3v) is 12.8. The molecule has 7 aromatic carbocycles. The minimum absolute atomic E-state index is 0.00962. The fourth-order valence-electron chi connectivity index (χ4n) is 9.54. The second-order valence-corrected chi connectivity index (χ2v) is 18.8. The van der Waals surface area contributed by atoms with Gasteiger partial charge in [0, 0.05) is 44.9 Å². The first-order chi connectivity index (χ1) is 28.9. The molecule has 0 N–H and O–H groups in total. The number of rotatable bonds is 4. The van der Waals surface area contributed by atoms with Crippen LogP contribution >= 0.6 is 0 Å². The van der Waals surface area contributed by atoms with Crippen LogP contribution in [-0.2, 0) is 10.8 Å².